The molecule has 3 aromatic rings. The summed E-state index contributed by atoms with van der Waals surface area (Å²) >= 11 is 0. The first-order chi connectivity index (χ1) is 13.3. The summed E-state index contributed by atoms with van der Waals surface area (Å²) in [6.07, 6.45) is 0.160. The Morgan fingerprint density at radius 2 is 1.78 bits per heavy atom. The van der Waals surface area contributed by atoms with Crippen molar-refractivity contribution in [3.8, 4) is 11.3 Å². The Labute approximate surface area is 157 Å². The predicted octanol–water partition coefficient (Wildman–Crippen LogP) is 3.36. The molecule has 138 valence electrons. The predicted molar refractivity (Wildman–Crippen MR) is 104 cm³/mol. The van der Waals surface area contributed by atoms with Gasteiger partial charge in [0, 0.05) is 24.7 Å². The molecule has 0 bridgehead atoms. The molecule has 0 atom stereocenters. The van der Waals surface area contributed by atoms with Crippen molar-refractivity contribution in [2.24, 2.45) is 0 Å². The number of nitrogens with one attached hydrogen (secondary N) is 1. The number of aromatic nitrogens is 1. The van der Waals surface area contributed by atoms with Gasteiger partial charge in [-0.05, 0) is 12.1 Å². The van der Waals surface area contributed by atoms with Crippen LogP contribution in [0, 0.1) is 0 Å². The molecule has 2 aromatic carbocycles. The van der Waals surface area contributed by atoms with Crippen LogP contribution in [0.2, 0.25) is 0 Å². The van der Waals surface area contributed by atoms with E-state index in [-0.39, 0.29) is 12.3 Å². The van der Waals surface area contributed by atoms with Gasteiger partial charge >= 0.3 is 0 Å². The van der Waals surface area contributed by atoms with Crippen LogP contribution < -0.4 is 10.2 Å². The minimum atomic E-state index is -0.122. The summed E-state index contributed by atoms with van der Waals surface area (Å²) < 4.78 is 10.8. The smallest absolute Gasteiger partial charge is 0.230 e. The normalized spacial score (nSPS) is 14.1. The first kappa shape index (κ1) is 17.3. The van der Waals surface area contributed by atoms with Gasteiger partial charge in [-0.15, -0.1) is 0 Å². The Bertz CT molecular complexity index is 902. The number of nitrogens with zero attached hydrogens (tertiary/aromatic N) is 2. The van der Waals surface area contributed by atoms with Crippen LogP contribution in [0.25, 0.3) is 11.3 Å². The molecule has 0 saturated carbocycles. The number of benzene rings is 2. The SMILES string of the molecule is O=C(Cc1cc(-c2ccccc2)on1)Nc1ccccc1N1CCOCC1. The number of para-hydroxylation sites is 2. The quantitative estimate of drug-likeness (QED) is 0.753. The van der Waals surface area contributed by atoms with E-state index in [0.29, 0.717) is 24.7 Å². The molecule has 6 heteroatoms. The second-order valence-corrected chi connectivity index (χ2v) is 6.39. The summed E-state index contributed by atoms with van der Waals surface area (Å²) in [4.78, 5) is 14.8. The molecule has 1 aromatic heterocycles. The lowest BCUT2D eigenvalue weighted by molar-refractivity contribution is -0.115. The third kappa shape index (κ3) is 4.17. The second-order valence-electron chi connectivity index (χ2n) is 6.39. The molecule has 1 fully saturated rings. The van der Waals surface area contributed by atoms with Gasteiger partial charge in [0.05, 0.1) is 36.7 Å². The van der Waals surface area contributed by atoms with Crippen molar-refractivity contribution in [1.82, 2.24) is 5.16 Å². The van der Waals surface area contributed by atoms with E-state index < -0.39 is 0 Å². The average molecular weight is 363 g/mol. The fourth-order valence-corrected chi connectivity index (χ4v) is 3.15. The minimum Gasteiger partial charge on any atom is -0.378 e. The van der Waals surface area contributed by atoms with Crippen molar-refractivity contribution in [2.45, 2.75) is 6.42 Å². The third-order valence-corrected chi connectivity index (χ3v) is 4.49. The number of ether oxygens (including phenoxy) is 1. The van der Waals surface area contributed by atoms with Gasteiger partial charge in [0.1, 0.15) is 0 Å². The van der Waals surface area contributed by atoms with Crippen LogP contribution in [-0.2, 0) is 16.0 Å². The van der Waals surface area contributed by atoms with E-state index in [0.717, 1.165) is 30.0 Å². The lowest BCUT2D eigenvalue weighted by Gasteiger charge is -2.30. The summed E-state index contributed by atoms with van der Waals surface area (Å²) in [6.45, 7) is 3.03. The van der Waals surface area contributed by atoms with Crippen molar-refractivity contribution in [1.29, 1.82) is 0 Å². The van der Waals surface area contributed by atoms with Crippen LogP contribution >= 0.6 is 0 Å². The molecule has 2 heterocycles. The molecule has 0 aliphatic carbocycles. The highest BCUT2D eigenvalue weighted by atomic mass is 16.5. The van der Waals surface area contributed by atoms with Crippen LogP contribution in [-0.4, -0.2) is 37.4 Å². The summed E-state index contributed by atoms with van der Waals surface area (Å²) in [5.74, 6) is 0.538. The van der Waals surface area contributed by atoms with Gasteiger partial charge in [-0.2, -0.15) is 0 Å². The summed E-state index contributed by atoms with van der Waals surface area (Å²) in [5.41, 5.74) is 3.36. The molecule has 1 aliphatic heterocycles. The standard InChI is InChI=1S/C21H21N3O3/c25-21(15-17-14-20(27-23-17)16-6-2-1-3-7-16)22-18-8-4-5-9-19(18)24-10-12-26-13-11-24/h1-9,14H,10-13,15H2,(H,22,25). The molecule has 6 nitrogen and oxygen atoms in total. The van der Waals surface area contributed by atoms with Gasteiger partial charge in [0.25, 0.3) is 0 Å². The maximum Gasteiger partial charge on any atom is 0.230 e. The van der Waals surface area contributed by atoms with Crippen molar-refractivity contribution >= 4 is 17.3 Å². The molecular formula is C21H21N3O3. The Kier molecular flexibility index (Phi) is 5.16. The fraction of sp³-hybridized carbons (Fsp3) is 0.238. The molecule has 1 saturated heterocycles. The number of morpholine rings is 1. The monoisotopic (exact) mass is 363 g/mol. The zero-order valence-corrected chi connectivity index (χ0v) is 14.9. The van der Waals surface area contributed by atoms with Gasteiger partial charge < -0.3 is 19.5 Å². The third-order valence-electron chi connectivity index (χ3n) is 4.49. The van der Waals surface area contributed by atoms with E-state index >= 15 is 0 Å². The Morgan fingerprint density at radius 3 is 2.59 bits per heavy atom. The molecule has 1 N–H and O–H groups in total. The van der Waals surface area contributed by atoms with Crippen molar-refractivity contribution in [2.75, 3.05) is 36.5 Å². The van der Waals surface area contributed by atoms with Gasteiger partial charge in [-0.3, -0.25) is 4.79 Å². The van der Waals surface area contributed by atoms with E-state index in [1.165, 1.54) is 0 Å². The highest BCUT2D eigenvalue weighted by Gasteiger charge is 2.17. The minimum absolute atomic E-state index is 0.122. The van der Waals surface area contributed by atoms with E-state index in [1.54, 1.807) is 0 Å². The van der Waals surface area contributed by atoms with Crippen LogP contribution in [0.5, 0.6) is 0 Å². The summed E-state index contributed by atoms with van der Waals surface area (Å²) in [7, 11) is 0. The van der Waals surface area contributed by atoms with E-state index in [9.17, 15) is 4.79 Å². The van der Waals surface area contributed by atoms with Crippen molar-refractivity contribution in [3.05, 3.63) is 66.4 Å². The first-order valence-electron chi connectivity index (χ1n) is 9.02. The number of anilines is 2. The van der Waals surface area contributed by atoms with E-state index in [1.807, 2.05) is 60.7 Å². The zero-order chi connectivity index (χ0) is 18.5. The van der Waals surface area contributed by atoms with Crippen molar-refractivity contribution in [3.63, 3.8) is 0 Å². The first-order valence-corrected chi connectivity index (χ1v) is 9.02. The Morgan fingerprint density at radius 1 is 1.04 bits per heavy atom. The summed E-state index contributed by atoms with van der Waals surface area (Å²) in [5, 5.41) is 7.03. The van der Waals surface area contributed by atoms with Crippen LogP contribution in [0.15, 0.2) is 65.2 Å². The van der Waals surface area contributed by atoms with Gasteiger partial charge in [0.2, 0.25) is 5.91 Å². The highest BCUT2D eigenvalue weighted by Crippen LogP contribution is 2.26. The molecular weight excluding hydrogens is 342 g/mol. The van der Waals surface area contributed by atoms with Gasteiger partial charge in [-0.1, -0.05) is 47.6 Å². The molecule has 1 amide bonds. The Hall–Kier alpha value is -3.12. The van der Waals surface area contributed by atoms with Gasteiger partial charge in [-0.25, -0.2) is 0 Å². The molecule has 4 rings (SSSR count). The second kappa shape index (κ2) is 8.05. The van der Waals surface area contributed by atoms with Gasteiger partial charge in [0.15, 0.2) is 5.76 Å². The molecule has 1 aliphatic rings. The number of rotatable bonds is 5. The van der Waals surface area contributed by atoms with Crippen LogP contribution in [0.1, 0.15) is 5.69 Å². The largest absolute Gasteiger partial charge is 0.378 e. The van der Waals surface area contributed by atoms with Crippen LogP contribution in [0.4, 0.5) is 11.4 Å². The number of carbonyl (C=O) groups is 1. The zero-order valence-electron chi connectivity index (χ0n) is 14.9. The topological polar surface area (TPSA) is 67.6 Å². The molecule has 27 heavy (non-hydrogen) atoms. The molecule has 0 spiro atoms. The lowest BCUT2D eigenvalue weighted by Crippen LogP contribution is -2.36. The maximum absolute atomic E-state index is 12.5. The van der Waals surface area contributed by atoms with Crippen LogP contribution in [0.3, 0.4) is 0 Å². The number of carbonyl (C=O) groups excluding carboxylic acids is 1. The molecule has 0 unspecified atom stereocenters. The number of amides is 1. The summed E-state index contributed by atoms with van der Waals surface area (Å²) in [6, 6.07) is 19.4. The fourth-order valence-electron chi connectivity index (χ4n) is 3.15. The number of hydrogen-bond donors (Lipinski definition) is 1. The number of hydrogen-bond acceptors (Lipinski definition) is 5. The lowest BCUT2D eigenvalue weighted by atomic mass is 10.1. The molecule has 0 radical (unpaired) electrons. The van der Waals surface area contributed by atoms with E-state index in [4.69, 9.17) is 9.26 Å². The highest BCUT2D eigenvalue weighted by molar-refractivity contribution is 5.95. The van der Waals surface area contributed by atoms with E-state index in [2.05, 4.69) is 15.4 Å². The maximum atomic E-state index is 12.5. The van der Waals surface area contributed by atoms with Crippen molar-refractivity contribution < 1.29 is 14.1 Å². The Balaban J connectivity index is 1.44. The average Bonchev–Trinajstić information content (AvgIpc) is 3.18.